The number of nitrogens with one attached hydrogen (secondary N) is 1. The van der Waals surface area contributed by atoms with Crippen LogP contribution in [0.5, 0.6) is 5.75 Å². The molecule has 0 saturated heterocycles. The topological polar surface area (TPSA) is 99.0 Å². The van der Waals surface area contributed by atoms with Crippen molar-refractivity contribution in [2.45, 2.75) is 12.0 Å². The van der Waals surface area contributed by atoms with Crippen LogP contribution in [0.4, 0.5) is 9.18 Å². The van der Waals surface area contributed by atoms with E-state index in [4.69, 9.17) is 5.11 Å². The minimum atomic E-state index is -1.57. The van der Waals surface area contributed by atoms with Gasteiger partial charge in [-0.3, -0.25) is 0 Å². The lowest BCUT2D eigenvalue weighted by molar-refractivity contribution is 0.0688. The number of carboxylic acids is 1. The number of halogens is 1. The van der Waals surface area contributed by atoms with Crippen molar-refractivity contribution >= 4 is 17.7 Å². The monoisotopic (exact) mass is 404 g/mol. The van der Waals surface area contributed by atoms with E-state index in [9.17, 15) is 19.1 Å². The number of hydrogen-bond acceptors (Lipinski definition) is 3. The molecule has 3 aromatic rings. The maximum atomic E-state index is 14.5. The third kappa shape index (κ3) is 3.53. The van der Waals surface area contributed by atoms with Crippen molar-refractivity contribution in [2.75, 3.05) is 0 Å². The summed E-state index contributed by atoms with van der Waals surface area (Å²) < 4.78 is 14.5. The number of carbonyl (C=O) groups is 2. The van der Waals surface area contributed by atoms with Crippen molar-refractivity contribution in [1.29, 1.82) is 0 Å². The molecule has 2 unspecified atom stereocenters. The van der Waals surface area contributed by atoms with Gasteiger partial charge in [-0.05, 0) is 28.8 Å². The highest BCUT2D eigenvalue weighted by atomic mass is 19.1. The van der Waals surface area contributed by atoms with Crippen molar-refractivity contribution in [3.05, 3.63) is 101 Å². The normalized spacial score (nSPS) is 18.4. The fourth-order valence-corrected chi connectivity index (χ4v) is 3.73. The highest BCUT2D eigenvalue weighted by Gasteiger charge is 2.36. The van der Waals surface area contributed by atoms with Crippen molar-refractivity contribution in [3.8, 4) is 5.75 Å². The second kappa shape index (κ2) is 7.79. The predicted octanol–water partition coefficient (Wildman–Crippen LogP) is 4.27. The van der Waals surface area contributed by atoms with Gasteiger partial charge in [0.05, 0.1) is 17.7 Å². The van der Waals surface area contributed by atoms with Crippen molar-refractivity contribution in [2.24, 2.45) is 4.99 Å². The van der Waals surface area contributed by atoms with Crippen LogP contribution in [0.1, 0.15) is 39.0 Å². The van der Waals surface area contributed by atoms with E-state index in [1.54, 1.807) is 0 Å². The van der Waals surface area contributed by atoms with E-state index in [1.165, 1.54) is 6.07 Å². The first-order valence-corrected chi connectivity index (χ1v) is 9.21. The van der Waals surface area contributed by atoms with Gasteiger partial charge in [0.25, 0.3) is 0 Å². The Morgan fingerprint density at radius 2 is 1.60 bits per heavy atom. The zero-order valence-electron chi connectivity index (χ0n) is 15.6. The minimum absolute atomic E-state index is 0.237. The maximum absolute atomic E-state index is 14.5. The van der Waals surface area contributed by atoms with Gasteiger partial charge >= 0.3 is 12.0 Å². The van der Waals surface area contributed by atoms with Crippen LogP contribution in [0.15, 0.2) is 77.8 Å². The molecule has 0 radical (unpaired) electrons. The Labute approximate surface area is 171 Å². The van der Waals surface area contributed by atoms with E-state index >= 15 is 0 Å². The summed E-state index contributed by atoms with van der Waals surface area (Å²) in [6.07, 6.45) is 0. The molecule has 0 fully saturated rings. The van der Waals surface area contributed by atoms with Gasteiger partial charge < -0.3 is 15.5 Å². The molecule has 3 N–H and O–H groups in total. The number of benzene rings is 3. The Kier molecular flexibility index (Phi) is 5.02. The van der Waals surface area contributed by atoms with Crippen LogP contribution in [0.25, 0.3) is 0 Å². The SMILES string of the molecule is O=C1N=C(c2ccccc2)C(c2ccccc2)C(c2cc(O)c(C(=O)O)c(F)c2)N1. The second-order valence-electron chi connectivity index (χ2n) is 6.88. The summed E-state index contributed by atoms with van der Waals surface area (Å²) in [6.45, 7) is 0. The molecule has 3 aromatic carbocycles. The quantitative estimate of drug-likeness (QED) is 0.605. The molecule has 0 saturated carbocycles. The van der Waals surface area contributed by atoms with Crippen LogP contribution in [0.2, 0.25) is 0 Å². The summed E-state index contributed by atoms with van der Waals surface area (Å²) in [7, 11) is 0. The number of rotatable bonds is 4. The summed E-state index contributed by atoms with van der Waals surface area (Å²) in [5.74, 6) is -3.85. The maximum Gasteiger partial charge on any atom is 0.342 e. The molecule has 30 heavy (non-hydrogen) atoms. The fraction of sp³-hybridized carbons (Fsp3) is 0.0870. The van der Waals surface area contributed by atoms with E-state index in [0.717, 1.165) is 17.2 Å². The Bertz CT molecular complexity index is 1120. The summed E-state index contributed by atoms with van der Waals surface area (Å²) in [5, 5.41) is 22.0. The molecule has 6 nitrogen and oxygen atoms in total. The third-order valence-electron chi connectivity index (χ3n) is 5.02. The number of amides is 2. The van der Waals surface area contributed by atoms with Gasteiger partial charge in [-0.15, -0.1) is 0 Å². The van der Waals surface area contributed by atoms with Gasteiger partial charge in [0, 0.05) is 0 Å². The average molecular weight is 404 g/mol. The van der Waals surface area contributed by atoms with Crippen molar-refractivity contribution in [1.82, 2.24) is 5.32 Å². The Morgan fingerprint density at radius 3 is 2.20 bits per heavy atom. The zero-order valence-corrected chi connectivity index (χ0v) is 15.6. The molecule has 7 heteroatoms. The van der Waals surface area contributed by atoms with Gasteiger partial charge in [0.2, 0.25) is 0 Å². The number of aliphatic imine (C=N–C) groups is 1. The van der Waals surface area contributed by atoms with Gasteiger partial charge in [-0.2, -0.15) is 4.99 Å². The molecule has 2 atom stereocenters. The molecule has 0 bridgehead atoms. The van der Waals surface area contributed by atoms with E-state index < -0.39 is 41.1 Å². The number of nitrogens with zero attached hydrogens (tertiary/aromatic N) is 1. The smallest absolute Gasteiger partial charge is 0.342 e. The standard InChI is InChI=1S/C23H17FN2O4/c24-16-11-15(12-17(27)19(16)22(28)29)21-18(13-7-3-1-4-8-13)20(25-23(30)26-21)14-9-5-2-6-10-14/h1-12,18,21,27H,(H,26,30)(H,28,29). The number of aromatic carboxylic acids is 1. The lowest BCUT2D eigenvalue weighted by Crippen LogP contribution is -2.40. The third-order valence-corrected chi connectivity index (χ3v) is 5.02. The van der Waals surface area contributed by atoms with Crippen LogP contribution >= 0.6 is 0 Å². The van der Waals surface area contributed by atoms with Gasteiger partial charge in [-0.25, -0.2) is 14.0 Å². The molecular formula is C23H17FN2O4. The van der Waals surface area contributed by atoms with Crippen LogP contribution < -0.4 is 5.32 Å². The molecule has 0 aromatic heterocycles. The predicted molar refractivity (Wildman–Crippen MR) is 108 cm³/mol. The molecule has 1 aliphatic heterocycles. The molecular weight excluding hydrogens is 387 g/mol. The van der Waals surface area contributed by atoms with Gasteiger partial charge in [0.15, 0.2) is 0 Å². The summed E-state index contributed by atoms with van der Waals surface area (Å²) >= 11 is 0. The number of hydrogen-bond donors (Lipinski definition) is 3. The van der Waals surface area contributed by atoms with Gasteiger partial charge in [0.1, 0.15) is 17.1 Å². The summed E-state index contributed by atoms with van der Waals surface area (Å²) in [6, 6.07) is 19.3. The van der Waals surface area contributed by atoms with Crippen molar-refractivity contribution < 1.29 is 24.2 Å². The van der Waals surface area contributed by atoms with Crippen LogP contribution in [0, 0.1) is 5.82 Å². The first kappa shape index (κ1) is 19.3. The fourth-order valence-electron chi connectivity index (χ4n) is 3.73. The lowest BCUT2D eigenvalue weighted by atomic mass is 9.80. The van der Waals surface area contributed by atoms with E-state index in [0.29, 0.717) is 5.71 Å². The van der Waals surface area contributed by atoms with Crippen LogP contribution in [-0.2, 0) is 0 Å². The Balaban J connectivity index is 1.90. The van der Waals surface area contributed by atoms with Crippen molar-refractivity contribution in [3.63, 3.8) is 0 Å². The highest BCUT2D eigenvalue weighted by molar-refractivity contribution is 6.12. The largest absolute Gasteiger partial charge is 0.507 e. The van der Waals surface area contributed by atoms with Gasteiger partial charge in [-0.1, -0.05) is 60.7 Å². The minimum Gasteiger partial charge on any atom is -0.507 e. The van der Waals surface area contributed by atoms with Crippen LogP contribution in [-0.4, -0.2) is 27.9 Å². The summed E-state index contributed by atoms with van der Waals surface area (Å²) in [5.41, 5.74) is 1.48. The highest BCUT2D eigenvalue weighted by Crippen LogP contribution is 2.39. The molecule has 1 heterocycles. The number of aromatic hydroxyl groups is 1. The van der Waals surface area contributed by atoms with E-state index in [1.807, 2.05) is 60.7 Å². The van der Waals surface area contributed by atoms with E-state index in [-0.39, 0.29) is 5.56 Å². The number of phenols is 1. The molecule has 150 valence electrons. The summed E-state index contributed by atoms with van der Waals surface area (Å²) in [4.78, 5) is 27.8. The number of carboxylic acid groups (broad SMARTS) is 1. The molecule has 2 amide bonds. The molecule has 0 aliphatic carbocycles. The Morgan fingerprint density at radius 1 is 0.967 bits per heavy atom. The molecule has 0 spiro atoms. The molecule has 4 rings (SSSR count). The molecule has 1 aliphatic rings. The first-order chi connectivity index (χ1) is 14.5. The lowest BCUT2D eigenvalue weighted by Gasteiger charge is -2.33. The van der Waals surface area contributed by atoms with Crippen LogP contribution in [0.3, 0.4) is 0 Å². The second-order valence-corrected chi connectivity index (χ2v) is 6.88. The first-order valence-electron chi connectivity index (χ1n) is 9.21. The zero-order chi connectivity index (χ0) is 21.3. The Hall–Kier alpha value is -4.00. The number of urea groups is 1. The van der Waals surface area contributed by atoms with E-state index in [2.05, 4.69) is 10.3 Å². The number of carbonyl (C=O) groups excluding carboxylic acids is 1. The average Bonchev–Trinajstić information content (AvgIpc) is 2.73.